The van der Waals surface area contributed by atoms with Gasteiger partial charge < -0.3 is 4.74 Å². The van der Waals surface area contributed by atoms with Crippen LogP contribution in [0.2, 0.25) is 0 Å². The van der Waals surface area contributed by atoms with E-state index >= 15 is 0 Å². The van der Waals surface area contributed by atoms with E-state index in [0.717, 1.165) is 19.3 Å². The Morgan fingerprint density at radius 3 is 2.12 bits per heavy atom. The van der Waals surface area contributed by atoms with E-state index in [-0.39, 0.29) is 12.1 Å². The Hall–Kier alpha value is -0.530. The van der Waals surface area contributed by atoms with Crippen molar-refractivity contribution in [2.75, 3.05) is 0 Å². The van der Waals surface area contributed by atoms with Gasteiger partial charge in [-0.25, -0.2) is 0 Å². The summed E-state index contributed by atoms with van der Waals surface area (Å²) in [5.41, 5.74) is 0. The highest BCUT2D eigenvalue weighted by Gasteiger charge is 2.07. The Morgan fingerprint density at radius 2 is 1.53 bits per heavy atom. The monoisotopic (exact) mass is 242 g/mol. The lowest BCUT2D eigenvalue weighted by Gasteiger charge is -2.11. The van der Waals surface area contributed by atoms with E-state index in [1.54, 1.807) is 0 Å². The topological polar surface area (TPSA) is 26.3 Å². The van der Waals surface area contributed by atoms with Gasteiger partial charge in [0.05, 0.1) is 6.10 Å². The van der Waals surface area contributed by atoms with Gasteiger partial charge in [-0.1, -0.05) is 58.8 Å². The number of ether oxygens (including phenoxy) is 1. The van der Waals surface area contributed by atoms with Gasteiger partial charge in [-0.3, -0.25) is 4.79 Å². The van der Waals surface area contributed by atoms with Gasteiger partial charge in [0.1, 0.15) is 0 Å². The first kappa shape index (κ1) is 16.5. The molecule has 0 saturated heterocycles. The maximum absolute atomic E-state index is 11.4. The fourth-order valence-corrected chi connectivity index (χ4v) is 1.98. The van der Waals surface area contributed by atoms with Gasteiger partial charge in [-0.05, 0) is 19.8 Å². The predicted molar refractivity (Wildman–Crippen MR) is 73.1 cm³/mol. The Bertz CT molecular complexity index is 178. The van der Waals surface area contributed by atoms with Crippen molar-refractivity contribution in [3.63, 3.8) is 0 Å². The molecule has 0 aliphatic heterocycles. The van der Waals surface area contributed by atoms with Crippen LogP contribution in [0.4, 0.5) is 0 Å². The zero-order valence-corrected chi connectivity index (χ0v) is 12.0. The second-order valence-electron chi connectivity index (χ2n) is 4.96. The van der Waals surface area contributed by atoms with Crippen molar-refractivity contribution in [2.24, 2.45) is 0 Å². The zero-order valence-electron chi connectivity index (χ0n) is 12.0. The molecule has 0 spiro atoms. The number of esters is 1. The van der Waals surface area contributed by atoms with Crippen molar-refractivity contribution < 1.29 is 9.53 Å². The van der Waals surface area contributed by atoms with E-state index < -0.39 is 0 Å². The largest absolute Gasteiger partial charge is 0.463 e. The standard InChI is InChI=1S/C15H30O2/c1-4-6-7-8-9-10-11-13-15(16)17-14(3)12-5-2/h14H,4-13H2,1-3H3/t14-/m0/s1. The third-order valence-corrected chi connectivity index (χ3v) is 3.01. The normalized spacial score (nSPS) is 12.4. The van der Waals surface area contributed by atoms with Gasteiger partial charge in [-0.2, -0.15) is 0 Å². The number of hydrogen-bond acceptors (Lipinski definition) is 2. The number of carbonyl (C=O) groups excluding carboxylic acids is 1. The lowest BCUT2D eigenvalue weighted by molar-refractivity contribution is -0.148. The molecule has 0 aromatic heterocycles. The first-order valence-corrected chi connectivity index (χ1v) is 7.40. The number of carbonyl (C=O) groups is 1. The van der Waals surface area contributed by atoms with Crippen molar-refractivity contribution in [1.29, 1.82) is 0 Å². The van der Waals surface area contributed by atoms with Crippen LogP contribution in [-0.2, 0) is 9.53 Å². The lowest BCUT2D eigenvalue weighted by Crippen LogP contribution is -2.14. The summed E-state index contributed by atoms with van der Waals surface area (Å²) in [5, 5.41) is 0. The van der Waals surface area contributed by atoms with Crippen LogP contribution in [0.3, 0.4) is 0 Å². The van der Waals surface area contributed by atoms with Crippen molar-refractivity contribution in [3.05, 3.63) is 0 Å². The average molecular weight is 242 g/mol. The van der Waals surface area contributed by atoms with Crippen molar-refractivity contribution >= 4 is 5.97 Å². The molecule has 0 aromatic rings. The third kappa shape index (κ3) is 11.7. The highest BCUT2D eigenvalue weighted by Crippen LogP contribution is 2.10. The fraction of sp³-hybridized carbons (Fsp3) is 0.933. The van der Waals surface area contributed by atoms with Gasteiger partial charge in [0.25, 0.3) is 0 Å². The maximum Gasteiger partial charge on any atom is 0.306 e. The highest BCUT2D eigenvalue weighted by molar-refractivity contribution is 5.69. The minimum absolute atomic E-state index is 0.0143. The lowest BCUT2D eigenvalue weighted by atomic mass is 10.1. The Kier molecular flexibility index (Phi) is 11.6. The van der Waals surface area contributed by atoms with E-state index in [4.69, 9.17) is 4.74 Å². The number of rotatable bonds is 11. The molecule has 0 unspecified atom stereocenters. The van der Waals surface area contributed by atoms with Crippen LogP contribution in [0.5, 0.6) is 0 Å². The van der Waals surface area contributed by atoms with Crippen molar-refractivity contribution in [2.45, 2.75) is 91.1 Å². The SMILES string of the molecule is CCCCCCCCCC(=O)O[C@@H](C)CCC. The van der Waals surface area contributed by atoms with Gasteiger partial charge in [0, 0.05) is 6.42 Å². The van der Waals surface area contributed by atoms with Crippen LogP contribution in [0.1, 0.15) is 85.0 Å². The van der Waals surface area contributed by atoms with E-state index in [1.807, 2.05) is 6.92 Å². The summed E-state index contributed by atoms with van der Waals surface area (Å²) in [6, 6.07) is 0. The van der Waals surface area contributed by atoms with Gasteiger partial charge in [0.2, 0.25) is 0 Å². The molecule has 17 heavy (non-hydrogen) atoms. The molecule has 0 amide bonds. The minimum Gasteiger partial charge on any atom is -0.463 e. The summed E-state index contributed by atoms with van der Waals surface area (Å²) in [6.45, 7) is 6.32. The molecule has 102 valence electrons. The maximum atomic E-state index is 11.4. The average Bonchev–Trinajstić information content (AvgIpc) is 2.28. The van der Waals surface area contributed by atoms with Crippen molar-refractivity contribution in [1.82, 2.24) is 0 Å². The fourth-order valence-electron chi connectivity index (χ4n) is 1.98. The molecule has 0 bridgehead atoms. The molecule has 0 radical (unpaired) electrons. The minimum atomic E-state index is -0.0143. The second kappa shape index (κ2) is 11.9. The van der Waals surface area contributed by atoms with Gasteiger partial charge in [-0.15, -0.1) is 0 Å². The van der Waals surface area contributed by atoms with E-state index in [2.05, 4.69) is 13.8 Å². The molecule has 2 nitrogen and oxygen atoms in total. The molecule has 0 N–H and O–H groups in total. The number of hydrogen-bond donors (Lipinski definition) is 0. The van der Waals surface area contributed by atoms with Crippen molar-refractivity contribution in [3.8, 4) is 0 Å². The third-order valence-electron chi connectivity index (χ3n) is 3.01. The van der Waals surface area contributed by atoms with Crippen LogP contribution in [0.25, 0.3) is 0 Å². The highest BCUT2D eigenvalue weighted by atomic mass is 16.5. The zero-order chi connectivity index (χ0) is 12.9. The molecular formula is C15H30O2. The summed E-state index contributed by atoms with van der Waals surface area (Å²) >= 11 is 0. The summed E-state index contributed by atoms with van der Waals surface area (Å²) < 4.78 is 5.30. The predicted octanol–water partition coefficient (Wildman–Crippen LogP) is 4.86. The first-order valence-electron chi connectivity index (χ1n) is 7.40. The van der Waals surface area contributed by atoms with Crippen LogP contribution >= 0.6 is 0 Å². The molecule has 0 aliphatic rings. The van der Waals surface area contributed by atoms with E-state index in [9.17, 15) is 4.79 Å². The molecule has 0 saturated carbocycles. The van der Waals surface area contributed by atoms with Gasteiger partial charge in [0.15, 0.2) is 0 Å². The van der Waals surface area contributed by atoms with Crippen LogP contribution in [-0.4, -0.2) is 12.1 Å². The van der Waals surface area contributed by atoms with E-state index in [1.165, 1.54) is 38.5 Å². The van der Waals surface area contributed by atoms with Crippen LogP contribution in [0.15, 0.2) is 0 Å². The molecular weight excluding hydrogens is 212 g/mol. The molecule has 1 atom stereocenters. The Balaban J connectivity index is 3.27. The van der Waals surface area contributed by atoms with Crippen LogP contribution in [0, 0.1) is 0 Å². The molecule has 0 aromatic carbocycles. The summed E-state index contributed by atoms with van der Waals surface area (Å²) in [5.74, 6) is -0.0143. The molecule has 0 heterocycles. The molecule has 0 fully saturated rings. The van der Waals surface area contributed by atoms with E-state index in [0.29, 0.717) is 6.42 Å². The summed E-state index contributed by atoms with van der Waals surface area (Å²) in [7, 11) is 0. The first-order chi connectivity index (χ1) is 8.20. The smallest absolute Gasteiger partial charge is 0.306 e. The summed E-state index contributed by atoms with van der Waals surface area (Å²) in [4.78, 5) is 11.4. The number of unbranched alkanes of at least 4 members (excludes halogenated alkanes) is 6. The van der Waals surface area contributed by atoms with Crippen LogP contribution < -0.4 is 0 Å². The molecule has 0 aliphatic carbocycles. The molecule has 2 heteroatoms. The quantitative estimate of drug-likeness (QED) is 0.382. The Morgan fingerprint density at radius 1 is 0.941 bits per heavy atom. The van der Waals surface area contributed by atoms with Gasteiger partial charge >= 0.3 is 5.97 Å². The summed E-state index contributed by atoms with van der Waals surface area (Å²) in [6.07, 6.45) is 11.5. The Labute approximate surface area is 107 Å². The second-order valence-corrected chi connectivity index (χ2v) is 4.96. The molecule has 0 rings (SSSR count).